The van der Waals surface area contributed by atoms with Crippen LogP contribution in [0.2, 0.25) is 5.02 Å². The van der Waals surface area contributed by atoms with E-state index in [0.717, 1.165) is 11.1 Å². The summed E-state index contributed by atoms with van der Waals surface area (Å²) in [6, 6.07) is 19.5. The van der Waals surface area contributed by atoms with Gasteiger partial charge >= 0.3 is 0 Å². The van der Waals surface area contributed by atoms with Crippen LogP contribution in [0.15, 0.2) is 71.9 Å². The number of nitrogens with zero attached hydrogens (tertiary/aromatic N) is 1. The van der Waals surface area contributed by atoms with Gasteiger partial charge in [-0.2, -0.15) is 0 Å². The molecule has 28 heavy (non-hydrogen) atoms. The molecule has 144 valence electrons. The molecule has 0 bridgehead atoms. The van der Waals surface area contributed by atoms with Gasteiger partial charge in [-0.15, -0.1) is 0 Å². The predicted octanol–water partition coefficient (Wildman–Crippen LogP) is 5.62. The van der Waals surface area contributed by atoms with Crippen molar-refractivity contribution in [3.05, 3.63) is 94.3 Å². The second-order valence-electron chi connectivity index (χ2n) is 5.93. The number of oxime groups is 1. The van der Waals surface area contributed by atoms with E-state index < -0.39 is 5.82 Å². The number of rotatable bonds is 8. The maximum atomic E-state index is 13.1. The van der Waals surface area contributed by atoms with Crippen LogP contribution in [-0.2, 0) is 18.1 Å². The van der Waals surface area contributed by atoms with E-state index in [4.69, 9.17) is 25.9 Å². The summed E-state index contributed by atoms with van der Waals surface area (Å²) in [7, 11) is 1.59. The van der Waals surface area contributed by atoms with Crippen molar-refractivity contribution >= 4 is 17.8 Å². The van der Waals surface area contributed by atoms with E-state index in [2.05, 4.69) is 5.16 Å². The largest absolute Gasteiger partial charge is 0.493 e. The molecule has 0 aliphatic heterocycles. The third-order valence-corrected chi connectivity index (χ3v) is 4.29. The van der Waals surface area contributed by atoms with Gasteiger partial charge in [0.2, 0.25) is 0 Å². The molecule has 3 aromatic carbocycles. The van der Waals surface area contributed by atoms with E-state index in [1.165, 1.54) is 12.1 Å². The normalized spacial score (nSPS) is 10.8. The van der Waals surface area contributed by atoms with Gasteiger partial charge in [-0.1, -0.05) is 53.2 Å². The quantitative estimate of drug-likeness (QED) is 0.364. The molecule has 0 amide bonds. The number of methoxy groups -OCH3 is 1. The van der Waals surface area contributed by atoms with Crippen molar-refractivity contribution in [2.75, 3.05) is 7.11 Å². The molecule has 0 fully saturated rings. The average Bonchev–Trinajstić information content (AvgIpc) is 2.72. The van der Waals surface area contributed by atoms with Crippen molar-refractivity contribution in [1.82, 2.24) is 0 Å². The Balaban J connectivity index is 1.62. The molecule has 4 nitrogen and oxygen atoms in total. The maximum absolute atomic E-state index is 13.1. The number of hydrogen-bond donors (Lipinski definition) is 0. The minimum Gasteiger partial charge on any atom is -0.493 e. The Hall–Kier alpha value is -3.05. The fraction of sp³-hybridized carbons (Fsp3) is 0.136. The average molecular weight is 400 g/mol. The van der Waals surface area contributed by atoms with E-state index in [1.54, 1.807) is 25.5 Å². The summed E-state index contributed by atoms with van der Waals surface area (Å²) in [6.07, 6.45) is 1.56. The van der Waals surface area contributed by atoms with Crippen LogP contribution >= 0.6 is 11.6 Å². The predicted molar refractivity (Wildman–Crippen MR) is 108 cm³/mol. The van der Waals surface area contributed by atoms with Gasteiger partial charge < -0.3 is 14.3 Å². The zero-order valence-electron chi connectivity index (χ0n) is 15.3. The summed E-state index contributed by atoms with van der Waals surface area (Å²) in [6.45, 7) is 0.570. The van der Waals surface area contributed by atoms with E-state index >= 15 is 0 Å². The lowest BCUT2D eigenvalue weighted by atomic mass is 10.2. The summed E-state index contributed by atoms with van der Waals surface area (Å²) in [5, 5.41) is 4.24. The van der Waals surface area contributed by atoms with Gasteiger partial charge in [0.05, 0.1) is 18.3 Å². The van der Waals surface area contributed by atoms with Crippen LogP contribution in [0.4, 0.5) is 4.39 Å². The molecule has 0 aromatic heterocycles. The van der Waals surface area contributed by atoms with Gasteiger partial charge in [-0.25, -0.2) is 4.39 Å². The zero-order chi connectivity index (χ0) is 19.8. The Morgan fingerprint density at radius 3 is 2.54 bits per heavy atom. The van der Waals surface area contributed by atoms with Crippen molar-refractivity contribution in [3.63, 3.8) is 0 Å². The Morgan fingerprint density at radius 2 is 1.79 bits per heavy atom. The van der Waals surface area contributed by atoms with Crippen LogP contribution in [0, 0.1) is 5.82 Å². The third kappa shape index (κ3) is 5.47. The van der Waals surface area contributed by atoms with Gasteiger partial charge in [0.15, 0.2) is 11.5 Å². The van der Waals surface area contributed by atoms with Gasteiger partial charge in [0.25, 0.3) is 0 Å². The summed E-state index contributed by atoms with van der Waals surface area (Å²) < 4.78 is 24.3. The molecular formula is C22H19ClFNO3. The highest BCUT2D eigenvalue weighted by molar-refractivity contribution is 6.31. The topological polar surface area (TPSA) is 40.0 Å². The fourth-order valence-electron chi connectivity index (χ4n) is 2.47. The van der Waals surface area contributed by atoms with Gasteiger partial charge in [-0.05, 0) is 35.9 Å². The van der Waals surface area contributed by atoms with Crippen molar-refractivity contribution < 1.29 is 18.7 Å². The molecule has 0 atom stereocenters. The monoisotopic (exact) mass is 399 g/mol. The Kier molecular flexibility index (Phi) is 6.87. The van der Waals surface area contributed by atoms with Crippen molar-refractivity contribution in [1.29, 1.82) is 0 Å². The second-order valence-corrected chi connectivity index (χ2v) is 6.34. The lowest BCUT2D eigenvalue weighted by Crippen LogP contribution is -1.98. The van der Waals surface area contributed by atoms with E-state index in [-0.39, 0.29) is 6.61 Å². The molecular weight excluding hydrogens is 381 g/mol. The molecule has 0 saturated carbocycles. The van der Waals surface area contributed by atoms with E-state index in [1.807, 2.05) is 42.5 Å². The maximum Gasteiger partial charge on any atom is 0.162 e. The summed E-state index contributed by atoms with van der Waals surface area (Å²) in [5.41, 5.74) is 2.50. The van der Waals surface area contributed by atoms with E-state index in [9.17, 15) is 4.39 Å². The Labute approximate surface area is 168 Å². The lowest BCUT2D eigenvalue weighted by molar-refractivity contribution is 0.132. The smallest absolute Gasteiger partial charge is 0.162 e. The summed E-state index contributed by atoms with van der Waals surface area (Å²) >= 11 is 5.96. The molecule has 0 aliphatic rings. The van der Waals surface area contributed by atoms with Crippen molar-refractivity contribution in [2.45, 2.75) is 13.2 Å². The van der Waals surface area contributed by atoms with Gasteiger partial charge in [-0.3, -0.25) is 0 Å². The number of ether oxygens (including phenoxy) is 2. The highest BCUT2D eigenvalue weighted by Gasteiger charge is 2.06. The number of hydrogen-bond acceptors (Lipinski definition) is 4. The molecule has 0 saturated heterocycles. The van der Waals surface area contributed by atoms with Crippen LogP contribution in [0.3, 0.4) is 0 Å². The number of halogens is 2. The number of benzene rings is 3. The minimum atomic E-state index is -0.390. The van der Waals surface area contributed by atoms with Crippen LogP contribution in [0.1, 0.15) is 16.7 Å². The fourth-order valence-corrected chi connectivity index (χ4v) is 2.69. The Morgan fingerprint density at radius 1 is 0.964 bits per heavy atom. The van der Waals surface area contributed by atoms with Crippen LogP contribution < -0.4 is 9.47 Å². The molecule has 3 rings (SSSR count). The van der Waals surface area contributed by atoms with Crippen LogP contribution in [0.25, 0.3) is 0 Å². The van der Waals surface area contributed by atoms with E-state index in [0.29, 0.717) is 28.7 Å². The molecule has 0 unspecified atom stereocenters. The third-order valence-electron chi connectivity index (χ3n) is 3.94. The van der Waals surface area contributed by atoms with Gasteiger partial charge in [0.1, 0.15) is 19.0 Å². The SMILES string of the molecule is COc1ccc(/C=N\OCc2ccc(F)cc2Cl)cc1OCc1ccccc1. The van der Waals surface area contributed by atoms with Crippen molar-refractivity contribution in [3.8, 4) is 11.5 Å². The second kappa shape index (κ2) is 9.76. The molecule has 0 spiro atoms. The first-order chi connectivity index (χ1) is 13.7. The summed E-state index contributed by atoms with van der Waals surface area (Å²) in [5.74, 6) is 0.850. The standard InChI is InChI=1S/C22H19ClFNO3/c1-26-21-10-7-17(11-22(21)27-14-16-5-3-2-4-6-16)13-25-28-15-18-8-9-19(24)12-20(18)23/h2-13H,14-15H2,1H3/b25-13-. The molecule has 6 heteroatoms. The molecule has 0 N–H and O–H groups in total. The minimum absolute atomic E-state index is 0.142. The van der Waals surface area contributed by atoms with Crippen LogP contribution in [-0.4, -0.2) is 13.3 Å². The molecule has 3 aromatic rings. The Bertz CT molecular complexity index is 948. The molecule has 0 heterocycles. The highest BCUT2D eigenvalue weighted by atomic mass is 35.5. The zero-order valence-corrected chi connectivity index (χ0v) is 16.0. The molecule has 0 radical (unpaired) electrons. The van der Waals surface area contributed by atoms with Gasteiger partial charge in [0, 0.05) is 11.1 Å². The van der Waals surface area contributed by atoms with Crippen LogP contribution in [0.5, 0.6) is 11.5 Å². The molecule has 0 aliphatic carbocycles. The first-order valence-corrected chi connectivity index (χ1v) is 8.97. The first-order valence-electron chi connectivity index (χ1n) is 8.60. The first kappa shape index (κ1) is 19.7. The van der Waals surface area contributed by atoms with Crippen molar-refractivity contribution in [2.24, 2.45) is 5.16 Å². The highest BCUT2D eigenvalue weighted by Crippen LogP contribution is 2.28. The lowest BCUT2D eigenvalue weighted by Gasteiger charge is -2.11. The summed E-state index contributed by atoms with van der Waals surface area (Å²) in [4.78, 5) is 5.26.